The number of aromatic nitrogens is 6. The molecule has 0 amide bonds. The summed E-state index contributed by atoms with van der Waals surface area (Å²) in [4.78, 5) is 49.5. The topological polar surface area (TPSA) is 157 Å². The number of para-hydroxylation sites is 2. The summed E-state index contributed by atoms with van der Waals surface area (Å²) in [6.45, 7) is 7.83. The van der Waals surface area contributed by atoms with Crippen molar-refractivity contribution in [1.82, 2.24) is 34.0 Å². The monoisotopic (exact) mass is 858 g/mol. The van der Waals surface area contributed by atoms with Crippen LogP contribution in [-0.2, 0) is 23.3 Å². The normalized spacial score (nSPS) is 11.1. The Hall–Kier alpha value is -5.75. The highest BCUT2D eigenvalue weighted by atomic mass is 35.5. The molecule has 4 aromatic heterocycles. The Balaban J connectivity index is 0.000000213. The van der Waals surface area contributed by atoms with E-state index in [1.807, 2.05) is 24.3 Å². The number of fused-ring (bicyclic) bond motifs is 2. The molecule has 4 heterocycles. The van der Waals surface area contributed by atoms with Gasteiger partial charge in [0.1, 0.15) is 47.2 Å². The van der Waals surface area contributed by atoms with Crippen LogP contribution in [0.2, 0.25) is 10.0 Å². The molecule has 0 aliphatic carbocycles. The maximum Gasteiger partial charge on any atom is 0.294 e. The lowest BCUT2D eigenvalue weighted by Gasteiger charge is -2.18. The standard InChI is InChI=1S/C26H28ClN5O3.C15H12ClN3O4S/c1-4-32(5-2)14-15-34-20-12-10-19(11-13-20)29-26-28-17-18-16-23(25(33)31(3)24(18)30-26)35-22-9-7-6-8-21(22)27;1-19-13-9(8-17-15(18-13)24-23-21-2)7-12(14(19)20)22-11-6-4-3-5-10(11)16/h6-13,16-17H,4-5,14-15H2,1-3H3,(H,28,29,30);3-8H,1-2H3. The predicted octanol–water partition coefficient (Wildman–Crippen LogP) is 8.60. The number of anilines is 2. The molecular weight excluding hydrogens is 819 g/mol. The molecule has 0 saturated heterocycles. The van der Waals surface area contributed by atoms with Crippen LogP contribution in [0.15, 0.2) is 112 Å². The highest BCUT2D eigenvalue weighted by molar-refractivity contribution is 7.94. The Morgan fingerprint density at radius 3 is 1.81 bits per heavy atom. The number of ether oxygens (including phenoxy) is 3. The minimum Gasteiger partial charge on any atom is -0.492 e. The summed E-state index contributed by atoms with van der Waals surface area (Å²) in [5, 5.41) is 5.63. The Kier molecular flexibility index (Phi) is 14.7. The van der Waals surface area contributed by atoms with Crippen LogP contribution in [0.1, 0.15) is 13.8 Å². The summed E-state index contributed by atoms with van der Waals surface area (Å²) in [6, 6.07) is 24.7. The molecule has 3 aromatic carbocycles. The van der Waals surface area contributed by atoms with Crippen LogP contribution >= 0.6 is 35.2 Å². The van der Waals surface area contributed by atoms with Crippen LogP contribution in [0.3, 0.4) is 0 Å². The van der Waals surface area contributed by atoms with Gasteiger partial charge in [-0.3, -0.25) is 18.7 Å². The third-order valence-corrected chi connectivity index (χ3v) is 9.95. The van der Waals surface area contributed by atoms with Crippen molar-refractivity contribution in [3.8, 4) is 28.7 Å². The Morgan fingerprint density at radius 2 is 1.27 bits per heavy atom. The molecule has 15 nitrogen and oxygen atoms in total. The molecule has 0 unspecified atom stereocenters. The molecule has 7 aromatic rings. The fraction of sp³-hybridized carbons (Fsp3) is 0.220. The molecule has 0 aliphatic rings. The van der Waals surface area contributed by atoms with E-state index in [-0.39, 0.29) is 22.6 Å². The van der Waals surface area contributed by atoms with Crippen LogP contribution in [0.25, 0.3) is 22.1 Å². The van der Waals surface area contributed by atoms with Gasteiger partial charge in [0.15, 0.2) is 11.5 Å². The first kappa shape index (κ1) is 42.8. The molecule has 0 radical (unpaired) electrons. The second kappa shape index (κ2) is 20.3. The molecule has 306 valence electrons. The Morgan fingerprint density at radius 1 is 0.729 bits per heavy atom. The summed E-state index contributed by atoms with van der Waals surface area (Å²) < 4.78 is 24.8. The first-order valence-electron chi connectivity index (χ1n) is 18.3. The lowest BCUT2D eigenvalue weighted by molar-refractivity contribution is -0.160. The number of pyridine rings is 2. The summed E-state index contributed by atoms with van der Waals surface area (Å²) in [7, 11) is 4.62. The van der Waals surface area contributed by atoms with Crippen LogP contribution in [0.5, 0.6) is 28.7 Å². The number of halogens is 2. The van der Waals surface area contributed by atoms with Gasteiger partial charge < -0.3 is 24.4 Å². The molecule has 0 aliphatic heterocycles. The van der Waals surface area contributed by atoms with Crippen molar-refractivity contribution in [1.29, 1.82) is 0 Å². The molecular formula is C41H40Cl2N8O7S. The number of likely N-dealkylation sites (N-methyl/N-ethyl adjacent to an activating group) is 1. The quantitative estimate of drug-likeness (QED) is 0.0452. The number of rotatable bonds is 15. The molecule has 0 fully saturated rings. The molecule has 0 saturated carbocycles. The zero-order chi connectivity index (χ0) is 41.9. The van der Waals surface area contributed by atoms with Gasteiger partial charge in [0, 0.05) is 49.5 Å². The van der Waals surface area contributed by atoms with Crippen molar-refractivity contribution in [2.75, 3.05) is 38.7 Å². The third-order valence-electron chi connectivity index (χ3n) is 8.78. The van der Waals surface area contributed by atoms with Gasteiger partial charge in [-0.25, -0.2) is 19.8 Å². The minimum absolute atomic E-state index is 0.134. The van der Waals surface area contributed by atoms with Gasteiger partial charge in [-0.1, -0.05) is 61.3 Å². The number of benzene rings is 3. The molecule has 7 rings (SSSR count). The molecule has 0 spiro atoms. The molecule has 59 heavy (non-hydrogen) atoms. The first-order valence-corrected chi connectivity index (χ1v) is 19.8. The van der Waals surface area contributed by atoms with Crippen molar-refractivity contribution in [2.45, 2.75) is 19.0 Å². The second-order valence-electron chi connectivity index (χ2n) is 12.6. The SMILES string of the molecule is CCN(CC)CCOc1ccc(Nc2ncc3cc(Oc4ccccc4Cl)c(=O)n(C)c3n2)cc1.COOSc1ncc2cc(Oc3ccccc3Cl)c(=O)n(C)c2n1. The van der Waals surface area contributed by atoms with Gasteiger partial charge in [0.05, 0.1) is 17.2 Å². The van der Waals surface area contributed by atoms with E-state index in [0.717, 1.165) is 43.1 Å². The third kappa shape index (κ3) is 10.9. The van der Waals surface area contributed by atoms with Crippen LogP contribution in [0.4, 0.5) is 11.6 Å². The number of hydrogen-bond acceptors (Lipinski definition) is 14. The highest BCUT2D eigenvalue weighted by Gasteiger charge is 2.15. The molecule has 1 N–H and O–H groups in total. The summed E-state index contributed by atoms with van der Waals surface area (Å²) in [5.41, 5.74) is 1.07. The lowest BCUT2D eigenvalue weighted by Crippen LogP contribution is -2.27. The van der Waals surface area contributed by atoms with Gasteiger partial charge in [-0.05, 0) is 73.8 Å². The smallest absolute Gasteiger partial charge is 0.294 e. The minimum atomic E-state index is -0.343. The second-order valence-corrected chi connectivity index (χ2v) is 14.0. The van der Waals surface area contributed by atoms with E-state index in [1.54, 1.807) is 87.2 Å². The fourth-order valence-electron chi connectivity index (χ4n) is 5.62. The summed E-state index contributed by atoms with van der Waals surface area (Å²) >= 11 is 13.1. The maximum absolute atomic E-state index is 12.9. The van der Waals surface area contributed by atoms with Crippen LogP contribution in [-0.4, -0.2) is 67.3 Å². The Labute approximate surface area is 353 Å². The van der Waals surface area contributed by atoms with E-state index in [0.29, 0.717) is 61.3 Å². The Bertz CT molecular complexity index is 2660. The van der Waals surface area contributed by atoms with Crippen molar-refractivity contribution in [2.24, 2.45) is 14.1 Å². The van der Waals surface area contributed by atoms with E-state index in [2.05, 4.69) is 48.9 Å². The largest absolute Gasteiger partial charge is 0.492 e. The van der Waals surface area contributed by atoms with E-state index >= 15 is 0 Å². The van der Waals surface area contributed by atoms with E-state index in [4.69, 9.17) is 41.7 Å². The van der Waals surface area contributed by atoms with Crippen molar-refractivity contribution in [3.63, 3.8) is 0 Å². The zero-order valence-electron chi connectivity index (χ0n) is 32.7. The average Bonchev–Trinajstić information content (AvgIpc) is 3.25. The predicted molar refractivity (Wildman–Crippen MR) is 230 cm³/mol. The summed E-state index contributed by atoms with van der Waals surface area (Å²) in [5.74, 6) is 2.27. The molecule has 18 heteroatoms. The highest BCUT2D eigenvalue weighted by Crippen LogP contribution is 2.30. The van der Waals surface area contributed by atoms with Gasteiger partial charge in [-0.15, -0.1) is 0 Å². The lowest BCUT2D eigenvalue weighted by atomic mass is 10.3. The van der Waals surface area contributed by atoms with Crippen LogP contribution < -0.4 is 30.6 Å². The van der Waals surface area contributed by atoms with Crippen molar-refractivity contribution >= 4 is 68.9 Å². The van der Waals surface area contributed by atoms with E-state index in [1.165, 1.54) is 16.2 Å². The van der Waals surface area contributed by atoms with Gasteiger partial charge in [0.25, 0.3) is 11.1 Å². The summed E-state index contributed by atoms with van der Waals surface area (Å²) in [6.07, 6.45) is 3.22. The number of nitrogens with one attached hydrogen (secondary N) is 1. The first-order chi connectivity index (χ1) is 28.6. The zero-order valence-corrected chi connectivity index (χ0v) is 35.0. The molecule has 0 bridgehead atoms. The maximum atomic E-state index is 12.9. The van der Waals surface area contributed by atoms with Crippen LogP contribution in [0, 0.1) is 0 Å². The number of aryl methyl sites for hydroxylation is 2. The number of nitrogens with zero attached hydrogens (tertiary/aromatic N) is 7. The van der Waals surface area contributed by atoms with E-state index < -0.39 is 0 Å². The fourth-order valence-corrected chi connectivity index (χ4v) is 6.31. The van der Waals surface area contributed by atoms with E-state index in [9.17, 15) is 9.59 Å². The van der Waals surface area contributed by atoms with Gasteiger partial charge in [0.2, 0.25) is 11.1 Å². The average molecular weight is 860 g/mol. The number of hydrogen-bond donors (Lipinski definition) is 1. The van der Waals surface area contributed by atoms with Gasteiger partial charge in [-0.2, -0.15) is 9.32 Å². The van der Waals surface area contributed by atoms with Gasteiger partial charge >= 0.3 is 0 Å². The van der Waals surface area contributed by atoms with Crippen molar-refractivity contribution < 1.29 is 23.4 Å². The van der Waals surface area contributed by atoms with Crippen molar-refractivity contribution in [3.05, 3.63) is 128 Å². The molecule has 0 atom stereocenters.